The van der Waals surface area contributed by atoms with Crippen molar-refractivity contribution < 1.29 is 9.53 Å². The molecule has 92 valence electrons. The average Bonchev–Trinajstić information content (AvgIpc) is 2.52. The summed E-state index contributed by atoms with van der Waals surface area (Å²) in [7, 11) is 0. The summed E-state index contributed by atoms with van der Waals surface area (Å²) in [4.78, 5) is 11.6. The molecular weight excluding hydrogens is 212 g/mol. The summed E-state index contributed by atoms with van der Waals surface area (Å²) in [5.74, 6) is -0.0974. The molecule has 0 aromatic heterocycles. The van der Waals surface area contributed by atoms with Gasteiger partial charge in [-0.25, -0.2) is 4.79 Å². The van der Waals surface area contributed by atoms with Crippen LogP contribution in [-0.2, 0) is 9.53 Å². The van der Waals surface area contributed by atoms with Gasteiger partial charge in [-0.1, -0.05) is 23.8 Å². The zero-order valence-corrected chi connectivity index (χ0v) is 10.7. The molecule has 2 rings (SSSR count). The lowest BCUT2D eigenvalue weighted by Crippen LogP contribution is -2.14. The van der Waals surface area contributed by atoms with Crippen LogP contribution < -0.4 is 0 Å². The Morgan fingerprint density at radius 1 is 1.29 bits per heavy atom. The maximum atomic E-state index is 11.6. The minimum absolute atomic E-state index is 0.0999. The highest BCUT2D eigenvalue weighted by molar-refractivity contribution is 5.91. The standard InChI is InChI=1S/C15H20O2/c1-10-5-4-6-11(2)9-14-13(8-7-10)12(3)15(16)17-14/h7,9,13-14H,3-6,8H2,1-2H3/b10-7+,11-9+/t13-,14+/m0/s1. The van der Waals surface area contributed by atoms with Gasteiger partial charge in [0, 0.05) is 11.5 Å². The highest BCUT2D eigenvalue weighted by Gasteiger charge is 2.36. The molecule has 1 saturated heterocycles. The van der Waals surface area contributed by atoms with Gasteiger partial charge in [-0.15, -0.1) is 0 Å². The SMILES string of the molecule is C=C1C(=O)O[C@@H]2/C=C(\C)CCC/C(C)=C/C[C@@H]12. The van der Waals surface area contributed by atoms with Gasteiger partial charge in [-0.05, 0) is 45.6 Å². The molecule has 0 bridgehead atoms. The lowest BCUT2D eigenvalue weighted by atomic mass is 9.89. The molecule has 1 aliphatic carbocycles. The molecular formula is C15H20O2. The molecule has 1 heterocycles. The van der Waals surface area contributed by atoms with Crippen LogP contribution in [0.3, 0.4) is 0 Å². The first-order valence-corrected chi connectivity index (χ1v) is 6.30. The van der Waals surface area contributed by atoms with Crippen molar-refractivity contribution >= 4 is 5.97 Å². The molecule has 0 aromatic carbocycles. The van der Waals surface area contributed by atoms with Crippen molar-refractivity contribution in [3.05, 3.63) is 35.5 Å². The quantitative estimate of drug-likeness (QED) is 0.363. The Hall–Kier alpha value is -1.31. The number of carbonyl (C=O) groups excluding carboxylic acids is 1. The van der Waals surface area contributed by atoms with Crippen molar-refractivity contribution in [2.24, 2.45) is 5.92 Å². The highest BCUT2D eigenvalue weighted by atomic mass is 16.5. The molecule has 0 saturated carbocycles. The van der Waals surface area contributed by atoms with Crippen molar-refractivity contribution in [1.82, 2.24) is 0 Å². The van der Waals surface area contributed by atoms with Crippen molar-refractivity contribution in [2.75, 3.05) is 0 Å². The van der Waals surface area contributed by atoms with E-state index in [4.69, 9.17) is 4.74 Å². The van der Waals surface area contributed by atoms with Gasteiger partial charge in [0.1, 0.15) is 6.10 Å². The van der Waals surface area contributed by atoms with E-state index in [0.29, 0.717) is 5.57 Å². The summed E-state index contributed by atoms with van der Waals surface area (Å²) in [5.41, 5.74) is 3.35. The summed E-state index contributed by atoms with van der Waals surface area (Å²) >= 11 is 0. The van der Waals surface area contributed by atoms with Crippen LogP contribution in [0, 0.1) is 5.92 Å². The van der Waals surface area contributed by atoms with Crippen LogP contribution in [0.15, 0.2) is 35.5 Å². The van der Waals surface area contributed by atoms with E-state index in [-0.39, 0.29) is 18.0 Å². The van der Waals surface area contributed by atoms with E-state index in [0.717, 1.165) is 19.3 Å². The smallest absolute Gasteiger partial charge is 0.334 e. The van der Waals surface area contributed by atoms with Crippen LogP contribution in [0.2, 0.25) is 0 Å². The second-order valence-electron chi connectivity index (χ2n) is 5.15. The Balaban J connectivity index is 2.26. The number of allylic oxidation sites excluding steroid dienone is 3. The van der Waals surface area contributed by atoms with Crippen molar-refractivity contribution in [2.45, 2.75) is 45.6 Å². The third kappa shape index (κ3) is 2.68. The van der Waals surface area contributed by atoms with Crippen LogP contribution in [0.5, 0.6) is 0 Å². The van der Waals surface area contributed by atoms with E-state index in [1.165, 1.54) is 17.6 Å². The number of fused-ring (bicyclic) bond motifs is 1. The number of hydrogen-bond donors (Lipinski definition) is 0. The van der Waals surface area contributed by atoms with Crippen molar-refractivity contribution in [3.63, 3.8) is 0 Å². The summed E-state index contributed by atoms with van der Waals surface area (Å²) in [6, 6.07) is 0. The first-order chi connectivity index (χ1) is 8.08. The molecule has 1 aliphatic heterocycles. The third-order valence-electron chi connectivity index (χ3n) is 3.66. The van der Waals surface area contributed by atoms with E-state index < -0.39 is 0 Å². The zero-order valence-electron chi connectivity index (χ0n) is 10.7. The Morgan fingerprint density at radius 2 is 2.00 bits per heavy atom. The molecule has 0 aromatic rings. The molecule has 2 atom stereocenters. The predicted octanol–water partition coefficient (Wildman–Crippen LogP) is 3.55. The average molecular weight is 232 g/mol. The van der Waals surface area contributed by atoms with Crippen LogP contribution in [0.4, 0.5) is 0 Å². The fourth-order valence-corrected chi connectivity index (χ4v) is 2.50. The number of ether oxygens (including phenoxy) is 1. The Bertz CT molecular complexity index is 401. The van der Waals surface area contributed by atoms with Gasteiger partial charge in [0.15, 0.2) is 0 Å². The van der Waals surface area contributed by atoms with Crippen LogP contribution in [0.25, 0.3) is 0 Å². The molecule has 1 fully saturated rings. The van der Waals surface area contributed by atoms with Gasteiger partial charge in [0.25, 0.3) is 0 Å². The largest absolute Gasteiger partial charge is 0.454 e. The van der Waals surface area contributed by atoms with E-state index >= 15 is 0 Å². The van der Waals surface area contributed by atoms with Crippen LogP contribution in [-0.4, -0.2) is 12.1 Å². The summed E-state index contributed by atoms with van der Waals surface area (Å²) < 4.78 is 5.37. The molecule has 0 spiro atoms. The minimum Gasteiger partial charge on any atom is -0.454 e. The van der Waals surface area contributed by atoms with Crippen molar-refractivity contribution in [3.8, 4) is 0 Å². The first-order valence-electron chi connectivity index (χ1n) is 6.30. The molecule has 0 amide bonds. The molecule has 0 radical (unpaired) electrons. The van der Waals surface area contributed by atoms with E-state index in [1.54, 1.807) is 0 Å². The van der Waals surface area contributed by atoms with E-state index in [9.17, 15) is 4.79 Å². The minimum atomic E-state index is -0.227. The number of carbonyl (C=O) groups is 1. The van der Waals surface area contributed by atoms with Gasteiger partial charge in [-0.3, -0.25) is 0 Å². The maximum Gasteiger partial charge on any atom is 0.334 e. The molecule has 2 aliphatic rings. The van der Waals surface area contributed by atoms with Crippen LogP contribution in [0.1, 0.15) is 39.5 Å². The lowest BCUT2D eigenvalue weighted by molar-refractivity contribution is -0.137. The predicted molar refractivity (Wildman–Crippen MR) is 68.5 cm³/mol. The second-order valence-corrected chi connectivity index (χ2v) is 5.15. The Kier molecular flexibility index (Phi) is 3.51. The molecule has 2 nitrogen and oxygen atoms in total. The number of rotatable bonds is 0. The molecule has 0 N–H and O–H groups in total. The summed E-state index contributed by atoms with van der Waals surface area (Å²) in [6.45, 7) is 8.14. The Labute approximate surface area is 103 Å². The van der Waals surface area contributed by atoms with Crippen molar-refractivity contribution in [1.29, 1.82) is 0 Å². The number of hydrogen-bond acceptors (Lipinski definition) is 2. The van der Waals surface area contributed by atoms with Gasteiger partial charge in [0.05, 0.1) is 0 Å². The van der Waals surface area contributed by atoms with Gasteiger partial charge in [-0.2, -0.15) is 0 Å². The topological polar surface area (TPSA) is 26.3 Å². The zero-order chi connectivity index (χ0) is 12.4. The van der Waals surface area contributed by atoms with Crippen LogP contribution >= 0.6 is 0 Å². The van der Waals surface area contributed by atoms with Gasteiger partial charge in [0.2, 0.25) is 0 Å². The summed E-state index contributed by atoms with van der Waals surface area (Å²) in [5, 5.41) is 0. The first kappa shape index (κ1) is 12.2. The maximum absolute atomic E-state index is 11.6. The molecule has 17 heavy (non-hydrogen) atoms. The monoisotopic (exact) mass is 232 g/mol. The Morgan fingerprint density at radius 3 is 2.76 bits per heavy atom. The normalized spacial score (nSPS) is 36.4. The fraction of sp³-hybridized carbons (Fsp3) is 0.533. The number of esters is 1. The van der Waals surface area contributed by atoms with Gasteiger partial charge >= 0.3 is 5.97 Å². The third-order valence-corrected chi connectivity index (χ3v) is 3.66. The molecule has 2 heteroatoms. The summed E-state index contributed by atoms with van der Waals surface area (Å²) in [6.07, 6.45) is 8.51. The van der Waals surface area contributed by atoms with E-state index in [1.807, 2.05) is 0 Å². The lowest BCUT2D eigenvalue weighted by Gasteiger charge is -2.16. The highest BCUT2D eigenvalue weighted by Crippen LogP contribution is 2.33. The fourth-order valence-electron chi connectivity index (χ4n) is 2.50. The van der Waals surface area contributed by atoms with E-state index in [2.05, 4.69) is 32.6 Å². The second kappa shape index (κ2) is 4.91. The molecule has 0 unspecified atom stereocenters. The van der Waals surface area contributed by atoms with Gasteiger partial charge < -0.3 is 4.74 Å².